The highest BCUT2D eigenvalue weighted by molar-refractivity contribution is 7.89. The van der Waals surface area contributed by atoms with Crippen LogP contribution in [0.3, 0.4) is 0 Å². The van der Waals surface area contributed by atoms with Crippen molar-refractivity contribution in [3.05, 3.63) is 58.3 Å². The van der Waals surface area contributed by atoms with E-state index in [1.807, 2.05) is 6.92 Å². The Bertz CT molecular complexity index is 1520. The van der Waals surface area contributed by atoms with Crippen molar-refractivity contribution in [2.45, 2.75) is 62.4 Å². The first-order valence-electron chi connectivity index (χ1n) is 12.4. The van der Waals surface area contributed by atoms with Gasteiger partial charge in [-0.05, 0) is 51.2 Å². The molecular weight excluding hydrogens is 490 g/mol. The molecule has 12 heteroatoms. The highest BCUT2D eigenvalue weighted by Gasteiger charge is 2.31. The molecule has 2 aliphatic rings. The lowest BCUT2D eigenvalue weighted by molar-refractivity contribution is 0.313. The third-order valence-corrected chi connectivity index (χ3v) is 8.00. The predicted molar refractivity (Wildman–Crippen MR) is 139 cm³/mol. The normalized spacial score (nSPS) is 16.5. The summed E-state index contributed by atoms with van der Waals surface area (Å²) in [6.07, 6.45) is 9.96. The summed E-state index contributed by atoms with van der Waals surface area (Å²) in [6.45, 7) is 2.24. The van der Waals surface area contributed by atoms with Gasteiger partial charge in [0.05, 0.1) is 52.9 Å². The lowest BCUT2D eigenvalue weighted by Gasteiger charge is -2.28. The summed E-state index contributed by atoms with van der Waals surface area (Å²) < 4.78 is 16.3. The third-order valence-electron chi connectivity index (χ3n) is 6.96. The summed E-state index contributed by atoms with van der Waals surface area (Å²) in [5.41, 5.74) is 4.24. The molecule has 0 bridgehead atoms. The van der Waals surface area contributed by atoms with Crippen molar-refractivity contribution in [1.82, 2.24) is 39.2 Å². The maximum atomic E-state index is 13.6. The van der Waals surface area contributed by atoms with E-state index >= 15 is 0 Å². The maximum Gasteiger partial charge on any atom is 0.295 e. The number of hydrogen-bond acceptors (Lipinski definition) is 10. The Balaban J connectivity index is 1.37. The van der Waals surface area contributed by atoms with E-state index in [4.69, 9.17) is 4.98 Å². The average Bonchev–Trinajstić information content (AvgIpc) is 3.73. The fraction of sp³-hybridized carbons (Fsp3) is 0.400. The summed E-state index contributed by atoms with van der Waals surface area (Å²) in [4.78, 5) is 41.6. The second kappa shape index (κ2) is 9.77. The Morgan fingerprint density at radius 3 is 2.59 bits per heavy atom. The topological polar surface area (TPSA) is 146 Å². The molecule has 0 saturated heterocycles. The molecule has 0 aromatic carbocycles. The van der Waals surface area contributed by atoms with Gasteiger partial charge in [-0.2, -0.15) is 0 Å². The minimum Gasteiger partial charge on any atom is -0.593 e. The molecule has 4 aromatic heterocycles. The molecule has 37 heavy (non-hydrogen) atoms. The highest BCUT2D eigenvalue weighted by atomic mass is 32.2. The Hall–Kier alpha value is -3.48. The maximum absolute atomic E-state index is 13.6. The number of anilines is 1. The monoisotopic (exact) mass is 517 g/mol. The molecule has 1 atom stereocenters. The number of aromatic nitrogens is 7. The van der Waals surface area contributed by atoms with Crippen molar-refractivity contribution in [2.24, 2.45) is 0 Å². The van der Waals surface area contributed by atoms with E-state index in [0.29, 0.717) is 40.0 Å². The van der Waals surface area contributed by atoms with Gasteiger partial charge in [-0.3, -0.25) is 14.3 Å². The number of rotatable bonds is 8. The number of nitrogens with zero attached hydrogens (tertiary/aromatic N) is 7. The smallest absolute Gasteiger partial charge is 0.295 e. The quantitative estimate of drug-likeness (QED) is 0.334. The van der Waals surface area contributed by atoms with Crippen molar-refractivity contribution in [3.63, 3.8) is 0 Å². The van der Waals surface area contributed by atoms with Crippen LogP contribution in [0.15, 0.2) is 40.5 Å². The van der Waals surface area contributed by atoms with Gasteiger partial charge in [0.25, 0.3) is 5.56 Å². The third kappa shape index (κ3) is 4.56. The minimum atomic E-state index is -1.30. The van der Waals surface area contributed by atoms with Crippen LogP contribution in [0.1, 0.15) is 61.1 Å². The van der Waals surface area contributed by atoms with Gasteiger partial charge >= 0.3 is 0 Å². The van der Waals surface area contributed by atoms with Gasteiger partial charge in [0.15, 0.2) is 22.2 Å². The van der Waals surface area contributed by atoms with E-state index < -0.39 is 11.4 Å². The molecule has 0 radical (unpaired) electrons. The molecular formula is C25H27N9O2S. The predicted octanol–water partition coefficient (Wildman–Crippen LogP) is 2.80. The van der Waals surface area contributed by atoms with Crippen molar-refractivity contribution in [2.75, 3.05) is 12.4 Å². The number of fused-ring (bicyclic) bond motifs is 1. The van der Waals surface area contributed by atoms with Gasteiger partial charge < -0.3 is 9.87 Å². The van der Waals surface area contributed by atoms with Crippen molar-refractivity contribution < 1.29 is 4.55 Å². The van der Waals surface area contributed by atoms with Gasteiger partial charge in [0, 0.05) is 19.0 Å². The molecule has 6 rings (SSSR count). The molecule has 4 aromatic rings. The molecule has 2 aliphatic carbocycles. The van der Waals surface area contributed by atoms with E-state index in [2.05, 4.69) is 35.0 Å². The second-order valence-corrected chi connectivity index (χ2v) is 10.8. The van der Waals surface area contributed by atoms with Crippen LogP contribution in [0.4, 0.5) is 5.82 Å². The van der Waals surface area contributed by atoms with Crippen molar-refractivity contribution in [3.8, 4) is 11.4 Å². The molecule has 0 aliphatic heterocycles. The fourth-order valence-electron chi connectivity index (χ4n) is 4.57. The van der Waals surface area contributed by atoms with Gasteiger partial charge in [-0.25, -0.2) is 24.9 Å². The van der Waals surface area contributed by atoms with E-state index in [9.17, 15) is 9.35 Å². The Labute approximate surface area is 216 Å². The van der Waals surface area contributed by atoms with Gasteiger partial charge in [-0.15, -0.1) is 4.72 Å². The Kier molecular flexibility index (Phi) is 6.31. The van der Waals surface area contributed by atoms with E-state index in [1.54, 1.807) is 42.5 Å². The summed E-state index contributed by atoms with van der Waals surface area (Å²) in [6, 6.07) is 3.60. The lowest BCUT2D eigenvalue weighted by Crippen LogP contribution is -2.32. The van der Waals surface area contributed by atoms with Gasteiger partial charge in [-0.1, -0.05) is 0 Å². The van der Waals surface area contributed by atoms with Gasteiger partial charge in [0.1, 0.15) is 11.8 Å². The first-order valence-corrected chi connectivity index (χ1v) is 13.6. The molecule has 4 heterocycles. The number of aryl methyl sites for hydroxylation is 1. The van der Waals surface area contributed by atoms with Crippen LogP contribution in [0.2, 0.25) is 0 Å². The summed E-state index contributed by atoms with van der Waals surface area (Å²) in [5.74, 6) is 1.18. The molecule has 11 nitrogen and oxygen atoms in total. The minimum absolute atomic E-state index is 0.0752. The zero-order valence-electron chi connectivity index (χ0n) is 20.6. The van der Waals surface area contributed by atoms with Crippen LogP contribution in [-0.4, -0.2) is 46.1 Å². The zero-order chi connectivity index (χ0) is 25.5. The SMILES string of the molecule is CN[S+]([O-])c1ccc(CNc2nc3cnc(-c4c(C)ncnc4C4CC4)nc3n(C3CCC3)c2=O)nc1. The van der Waals surface area contributed by atoms with Crippen LogP contribution in [0, 0.1) is 6.92 Å². The number of pyridine rings is 1. The molecule has 0 spiro atoms. The fourth-order valence-corrected chi connectivity index (χ4v) is 5.15. The molecule has 2 N–H and O–H groups in total. The van der Waals surface area contributed by atoms with E-state index in [-0.39, 0.29) is 17.4 Å². The van der Waals surface area contributed by atoms with Crippen LogP contribution in [-0.2, 0) is 17.9 Å². The zero-order valence-corrected chi connectivity index (χ0v) is 21.5. The van der Waals surface area contributed by atoms with Crippen LogP contribution in [0.25, 0.3) is 22.6 Å². The highest BCUT2D eigenvalue weighted by Crippen LogP contribution is 2.43. The van der Waals surface area contributed by atoms with E-state index in [1.165, 1.54) is 0 Å². The number of hydrogen-bond donors (Lipinski definition) is 2. The van der Waals surface area contributed by atoms with E-state index in [0.717, 1.165) is 49.1 Å². The molecule has 190 valence electrons. The Morgan fingerprint density at radius 2 is 1.92 bits per heavy atom. The van der Waals surface area contributed by atoms with Crippen LogP contribution >= 0.6 is 0 Å². The largest absolute Gasteiger partial charge is 0.593 e. The summed E-state index contributed by atoms with van der Waals surface area (Å²) in [5, 5.41) is 3.14. The van der Waals surface area contributed by atoms with Crippen LogP contribution in [0.5, 0.6) is 0 Å². The number of nitrogens with one attached hydrogen (secondary N) is 2. The molecule has 2 fully saturated rings. The molecule has 2 saturated carbocycles. The average molecular weight is 518 g/mol. The Morgan fingerprint density at radius 1 is 1.08 bits per heavy atom. The van der Waals surface area contributed by atoms with Gasteiger partial charge in [0.2, 0.25) is 0 Å². The first-order chi connectivity index (χ1) is 18.0. The summed E-state index contributed by atoms with van der Waals surface area (Å²) in [7, 11) is 1.62. The first kappa shape index (κ1) is 23.9. The lowest BCUT2D eigenvalue weighted by atomic mass is 9.93. The molecule has 1 unspecified atom stereocenters. The van der Waals surface area contributed by atoms with Crippen LogP contribution < -0.4 is 15.6 Å². The molecule has 0 amide bonds. The summed E-state index contributed by atoms with van der Waals surface area (Å²) >= 11 is -1.30. The van der Waals surface area contributed by atoms with Crippen molar-refractivity contribution in [1.29, 1.82) is 0 Å². The second-order valence-electron chi connectivity index (χ2n) is 9.43. The van der Waals surface area contributed by atoms with Crippen molar-refractivity contribution >= 4 is 28.3 Å². The standard InChI is InChI=1S/C25H27N9O2S/c1-14-20(21(15-6-7-15)31-13-30-14)22-29-12-19-24(33-22)34(17-4-3-5-17)25(35)23(32-19)28-10-16-8-9-18(11-27-16)37(36)26-2/h8-9,11-13,15,17,26H,3-7,10H2,1-2H3,(H,28,32).